The van der Waals surface area contributed by atoms with Gasteiger partial charge in [-0.1, -0.05) is 5.16 Å². The van der Waals surface area contributed by atoms with E-state index in [2.05, 4.69) is 21.1 Å². The van der Waals surface area contributed by atoms with Gasteiger partial charge in [0.25, 0.3) is 0 Å². The summed E-state index contributed by atoms with van der Waals surface area (Å²) in [6, 6.07) is 5.29. The summed E-state index contributed by atoms with van der Waals surface area (Å²) in [4.78, 5) is 0. The van der Waals surface area contributed by atoms with Gasteiger partial charge in [-0.3, -0.25) is 0 Å². The highest BCUT2D eigenvalue weighted by molar-refractivity contribution is 9.10. The Kier molecular flexibility index (Phi) is 3.31. The summed E-state index contributed by atoms with van der Waals surface area (Å²) in [6.45, 7) is 1.25. The van der Waals surface area contributed by atoms with Crippen molar-refractivity contribution >= 4 is 21.8 Å². The zero-order valence-corrected chi connectivity index (χ0v) is 9.98. The summed E-state index contributed by atoms with van der Waals surface area (Å²) in [7, 11) is 0. The molecule has 0 aliphatic carbocycles. The highest BCUT2D eigenvalue weighted by atomic mass is 79.9. The first-order chi connectivity index (χ1) is 7.70. The van der Waals surface area contributed by atoms with E-state index in [1.54, 1.807) is 18.2 Å². The van der Waals surface area contributed by atoms with Crippen LogP contribution in [0, 0.1) is 0 Å². The molecule has 2 rings (SSSR count). The number of rotatable bonds is 3. The van der Waals surface area contributed by atoms with Crippen molar-refractivity contribution in [1.82, 2.24) is 0 Å². The van der Waals surface area contributed by atoms with Crippen molar-refractivity contribution in [2.45, 2.75) is 6.10 Å². The van der Waals surface area contributed by atoms with Crippen LogP contribution in [0.15, 0.2) is 27.8 Å². The van der Waals surface area contributed by atoms with Crippen molar-refractivity contribution in [1.29, 1.82) is 0 Å². The third-order valence-corrected chi connectivity index (χ3v) is 2.89. The predicted octanol–water partition coefficient (Wildman–Crippen LogP) is 1.32. The summed E-state index contributed by atoms with van der Waals surface area (Å²) in [6.07, 6.45) is 0.126. The number of halogens is 1. The molecule has 5 nitrogen and oxygen atoms in total. The molecule has 0 saturated carbocycles. The van der Waals surface area contributed by atoms with Crippen molar-refractivity contribution in [2.24, 2.45) is 10.9 Å². The first-order valence-electron chi connectivity index (χ1n) is 4.72. The molecule has 6 heteroatoms. The lowest BCUT2D eigenvalue weighted by Gasteiger charge is -2.26. The Morgan fingerprint density at radius 2 is 2.31 bits per heavy atom. The molecular formula is C10H11BrN2O3. The first kappa shape index (κ1) is 11.2. The van der Waals surface area contributed by atoms with Crippen LogP contribution in [0.2, 0.25) is 0 Å². The normalized spacial score (nSPS) is 16.9. The van der Waals surface area contributed by atoms with Crippen molar-refractivity contribution < 1.29 is 14.7 Å². The molecule has 0 bridgehead atoms. The maximum Gasteiger partial charge on any atom is 0.171 e. The molecule has 0 atom stereocenters. The van der Waals surface area contributed by atoms with Gasteiger partial charge in [0, 0.05) is 10.0 Å². The number of benzene rings is 1. The number of amidine groups is 1. The van der Waals surface area contributed by atoms with Gasteiger partial charge in [0.1, 0.15) is 11.9 Å². The molecule has 0 radical (unpaired) electrons. The van der Waals surface area contributed by atoms with Crippen molar-refractivity contribution in [3.63, 3.8) is 0 Å². The lowest BCUT2D eigenvalue weighted by Crippen LogP contribution is -2.38. The average molecular weight is 287 g/mol. The number of nitrogens with zero attached hydrogens (tertiary/aromatic N) is 1. The lowest BCUT2D eigenvalue weighted by molar-refractivity contribution is -0.0797. The third kappa shape index (κ3) is 2.28. The number of hydrogen-bond acceptors (Lipinski definition) is 4. The van der Waals surface area contributed by atoms with Crippen LogP contribution in [0.4, 0.5) is 0 Å². The number of oxime groups is 1. The minimum Gasteiger partial charge on any atom is -0.486 e. The Labute approximate surface area is 101 Å². The molecule has 0 unspecified atom stereocenters. The highest BCUT2D eigenvalue weighted by Crippen LogP contribution is 2.24. The zero-order valence-electron chi connectivity index (χ0n) is 8.39. The molecule has 1 heterocycles. The summed E-state index contributed by atoms with van der Waals surface area (Å²) in [5.74, 6) is 0.792. The van der Waals surface area contributed by atoms with Gasteiger partial charge in [0.2, 0.25) is 0 Å². The second-order valence-electron chi connectivity index (χ2n) is 3.40. The van der Waals surface area contributed by atoms with Gasteiger partial charge in [0.05, 0.1) is 13.2 Å². The lowest BCUT2D eigenvalue weighted by atomic mass is 10.2. The van der Waals surface area contributed by atoms with E-state index in [-0.39, 0.29) is 11.9 Å². The van der Waals surface area contributed by atoms with Crippen molar-refractivity contribution in [3.8, 4) is 5.75 Å². The summed E-state index contributed by atoms with van der Waals surface area (Å²) >= 11 is 3.34. The van der Waals surface area contributed by atoms with Gasteiger partial charge in [-0.05, 0) is 34.1 Å². The first-order valence-corrected chi connectivity index (χ1v) is 5.52. The maximum absolute atomic E-state index is 8.57. The average Bonchev–Trinajstić information content (AvgIpc) is 2.23. The Morgan fingerprint density at radius 1 is 1.56 bits per heavy atom. The topological polar surface area (TPSA) is 77.1 Å². The van der Waals surface area contributed by atoms with Gasteiger partial charge >= 0.3 is 0 Å². The van der Waals surface area contributed by atoms with Gasteiger partial charge < -0.3 is 20.4 Å². The minimum absolute atomic E-state index is 0.0606. The monoisotopic (exact) mass is 286 g/mol. The smallest absolute Gasteiger partial charge is 0.171 e. The Bertz CT molecular complexity index is 419. The molecule has 1 aromatic rings. The maximum atomic E-state index is 8.57. The second kappa shape index (κ2) is 4.71. The molecule has 1 aliphatic rings. The van der Waals surface area contributed by atoms with E-state index < -0.39 is 0 Å². The Morgan fingerprint density at radius 3 is 2.81 bits per heavy atom. The Balaban J connectivity index is 2.15. The van der Waals surface area contributed by atoms with Crippen LogP contribution in [-0.4, -0.2) is 30.4 Å². The molecule has 16 heavy (non-hydrogen) atoms. The van der Waals surface area contributed by atoms with E-state index in [0.717, 1.165) is 10.2 Å². The Hall–Kier alpha value is -1.27. The molecule has 1 aromatic carbocycles. The zero-order chi connectivity index (χ0) is 11.5. The van der Waals surface area contributed by atoms with E-state index in [4.69, 9.17) is 20.4 Å². The molecule has 0 aromatic heterocycles. The predicted molar refractivity (Wildman–Crippen MR) is 61.9 cm³/mol. The quantitative estimate of drug-likeness (QED) is 0.380. The van der Waals surface area contributed by atoms with E-state index in [9.17, 15) is 0 Å². The second-order valence-corrected chi connectivity index (χ2v) is 4.26. The van der Waals surface area contributed by atoms with E-state index in [0.29, 0.717) is 18.8 Å². The fourth-order valence-electron chi connectivity index (χ4n) is 1.31. The molecule has 0 spiro atoms. The highest BCUT2D eigenvalue weighted by Gasteiger charge is 2.20. The SMILES string of the molecule is N/C(=N/O)c1ccc(OC2COC2)cc1Br. The largest absolute Gasteiger partial charge is 0.486 e. The minimum atomic E-state index is 0.0606. The molecule has 1 saturated heterocycles. The number of ether oxygens (including phenoxy) is 2. The van der Waals surface area contributed by atoms with Gasteiger partial charge in [-0.25, -0.2) is 0 Å². The van der Waals surface area contributed by atoms with E-state index in [1.165, 1.54) is 0 Å². The van der Waals surface area contributed by atoms with Crippen LogP contribution in [-0.2, 0) is 4.74 Å². The van der Waals surface area contributed by atoms with E-state index >= 15 is 0 Å². The fraction of sp³-hybridized carbons (Fsp3) is 0.300. The van der Waals surface area contributed by atoms with Crippen LogP contribution in [0.5, 0.6) is 5.75 Å². The van der Waals surface area contributed by atoms with Crippen LogP contribution >= 0.6 is 15.9 Å². The molecule has 86 valence electrons. The molecule has 1 fully saturated rings. The van der Waals surface area contributed by atoms with Crippen molar-refractivity contribution in [3.05, 3.63) is 28.2 Å². The number of nitrogens with two attached hydrogens (primary N) is 1. The van der Waals surface area contributed by atoms with Crippen LogP contribution < -0.4 is 10.5 Å². The van der Waals surface area contributed by atoms with Crippen LogP contribution in [0.25, 0.3) is 0 Å². The third-order valence-electron chi connectivity index (χ3n) is 2.23. The fourth-order valence-corrected chi connectivity index (χ4v) is 1.87. The van der Waals surface area contributed by atoms with Crippen LogP contribution in [0.1, 0.15) is 5.56 Å². The summed E-state index contributed by atoms with van der Waals surface area (Å²) in [5, 5.41) is 11.5. The molecular weight excluding hydrogens is 276 g/mol. The van der Waals surface area contributed by atoms with E-state index in [1.807, 2.05) is 0 Å². The van der Waals surface area contributed by atoms with Gasteiger partial charge in [-0.15, -0.1) is 0 Å². The van der Waals surface area contributed by atoms with Crippen LogP contribution in [0.3, 0.4) is 0 Å². The van der Waals surface area contributed by atoms with Gasteiger partial charge in [0.15, 0.2) is 5.84 Å². The molecule has 3 N–H and O–H groups in total. The standard InChI is InChI=1S/C10H11BrN2O3/c11-9-3-6(16-7-4-15-5-7)1-2-8(9)10(12)13-14/h1-3,7,14H,4-5H2,(H2,12,13). The van der Waals surface area contributed by atoms with Crippen molar-refractivity contribution in [2.75, 3.05) is 13.2 Å². The summed E-state index contributed by atoms with van der Waals surface area (Å²) in [5.41, 5.74) is 6.12. The molecule has 0 amide bonds. The van der Waals surface area contributed by atoms with Gasteiger partial charge in [-0.2, -0.15) is 0 Å². The summed E-state index contributed by atoms with van der Waals surface area (Å²) < 4.78 is 11.3. The molecule has 1 aliphatic heterocycles. The number of hydrogen-bond donors (Lipinski definition) is 2.